The van der Waals surface area contributed by atoms with Crippen LogP contribution in [0.4, 0.5) is 11.5 Å². The SMILES string of the molecule is CC(C)(C)c1ccc(CC(=O)c2cccc3c2OCCN3c2ncccc2Cl)cc1. The van der Waals surface area contributed by atoms with Gasteiger partial charge in [0, 0.05) is 12.6 Å². The summed E-state index contributed by atoms with van der Waals surface area (Å²) in [6.07, 6.45) is 2.04. The molecule has 0 atom stereocenters. The van der Waals surface area contributed by atoms with Crippen molar-refractivity contribution in [3.8, 4) is 5.75 Å². The fourth-order valence-corrected chi connectivity index (χ4v) is 3.89. The van der Waals surface area contributed by atoms with Crippen molar-refractivity contribution in [2.24, 2.45) is 0 Å². The van der Waals surface area contributed by atoms with E-state index in [0.717, 1.165) is 11.3 Å². The third kappa shape index (κ3) is 4.05. The number of ether oxygens (including phenoxy) is 1. The molecule has 0 radical (unpaired) electrons. The molecule has 0 unspecified atom stereocenters. The number of rotatable bonds is 4. The number of fused-ring (bicyclic) bond motifs is 1. The molecule has 0 amide bonds. The predicted octanol–water partition coefficient (Wildman–Crippen LogP) is 5.99. The average Bonchev–Trinajstić information content (AvgIpc) is 2.73. The molecule has 0 spiro atoms. The number of nitrogens with zero attached hydrogens (tertiary/aromatic N) is 2. The van der Waals surface area contributed by atoms with Gasteiger partial charge < -0.3 is 9.64 Å². The molecule has 3 aromatic rings. The zero-order chi connectivity index (χ0) is 21.3. The van der Waals surface area contributed by atoms with Gasteiger partial charge >= 0.3 is 0 Å². The Labute approximate surface area is 182 Å². The smallest absolute Gasteiger partial charge is 0.171 e. The molecule has 30 heavy (non-hydrogen) atoms. The fraction of sp³-hybridized carbons (Fsp3) is 0.280. The zero-order valence-corrected chi connectivity index (χ0v) is 18.2. The molecule has 0 saturated heterocycles. The minimum atomic E-state index is 0.0318. The maximum atomic E-state index is 13.1. The Morgan fingerprint density at radius 3 is 2.57 bits per heavy atom. The van der Waals surface area contributed by atoms with E-state index < -0.39 is 0 Å². The van der Waals surface area contributed by atoms with Crippen molar-refractivity contribution in [2.45, 2.75) is 32.6 Å². The monoisotopic (exact) mass is 420 g/mol. The summed E-state index contributed by atoms with van der Waals surface area (Å²) in [6.45, 7) is 7.63. The lowest BCUT2D eigenvalue weighted by molar-refractivity contribution is 0.0989. The molecule has 0 bridgehead atoms. The van der Waals surface area contributed by atoms with Gasteiger partial charge in [-0.3, -0.25) is 4.79 Å². The Morgan fingerprint density at radius 2 is 1.87 bits per heavy atom. The largest absolute Gasteiger partial charge is 0.489 e. The molecule has 154 valence electrons. The number of aromatic nitrogens is 1. The number of benzene rings is 2. The standard InChI is InChI=1S/C25H25ClN2O2/c1-25(2,3)18-11-9-17(10-12-18)16-22(29)19-6-4-8-21-23(19)30-15-14-28(21)24-20(26)7-5-13-27-24/h4-13H,14-16H2,1-3H3. The minimum Gasteiger partial charge on any atom is -0.489 e. The fourth-order valence-electron chi connectivity index (χ4n) is 3.67. The predicted molar refractivity (Wildman–Crippen MR) is 121 cm³/mol. The molecule has 4 nitrogen and oxygen atoms in total. The highest BCUT2D eigenvalue weighted by molar-refractivity contribution is 6.33. The van der Waals surface area contributed by atoms with E-state index in [0.29, 0.717) is 41.7 Å². The van der Waals surface area contributed by atoms with Crippen molar-refractivity contribution in [3.63, 3.8) is 0 Å². The van der Waals surface area contributed by atoms with Crippen LogP contribution in [0.1, 0.15) is 42.3 Å². The number of para-hydroxylation sites is 1. The first-order valence-electron chi connectivity index (χ1n) is 10.1. The summed E-state index contributed by atoms with van der Waals surface area (Å²) >= 11 is 6.37. The molecule has 5 heteroatoms. The van der Waals surface area contributed by atoms with Crippen LogP contribution in [-0.2, 0) is 11.8 Å². The summed E-state index contributed by atoms with van der Waals surface area (Å²) in [6, 6.07) is 17.5. The van der Waals surface area contributed by atoms with Crippen molar-refractivity contribution in [1.82, 2.24) is 4.98 Å². The van der Waals surface area contributed by atoms with Crippen molar-refractivity contribution in [3.05, 3.63) is 82.5 Å². The number of carbonyl (C=O) groups excluding carboxylic acids is 1. The van der Waals surface area contributed by atoms with Gasteiger partial charge in [0.05, 0.1) is 22.8 Å². The Kier molecular flexibility index (Phi) is 5.52. The highest BCUT2D eigenvalue weighted by Crippen LogP contribution is 2.40. The van der Waals surface area contributed by atoms with E-state index in [1.54, 1.807) is 12.3 Å². The lowest BCUT2D eigenvalue weighted by Gasteiger charge is -2.31. The molecular weight excluding hydrogens is 396 g/mol. The van der Waals surface area contributed by atoms with E-state index in [9.17, 15) is 4.79 Å². The second-order valence-corrected chi connectivity index (χ2v) is 8.92. The number of hydrogen-bond acceptors (Lipinski definition) is 4. The molecule has 4 rings (SSSR count). The maximum absolute atomic E-state index is 13.1. The Morgan fingerprint density at radius 1 is 1.10 bits per heavy atom. The van der Waals surface area contributed by atoms with Crippen LogP contribution in [0.15, 0.2) is 60.8 Å². The Balaban J connectivity index is 1.62. The van der Waals surface area contributed by atoms with Crippen LogP contribution in [0.3, 0.4) is 0 Å². The summed E-state index contributed by atoms with van der Waals surface area (Å²) in [5, 5.41) is 0.570. The lowest BCUT2D eigenvalue weighted by Crippen LogP contribution is -2.30. The quantitative estimate of drug-likeness (QED) is 0.486. The Hall–Kier alpha value is -2.85. The molecule has 1 aromatic heterocycles. The van der Waals surface area contributed by atoms with E-state index in [2.05, 4.69) is 37.9 Å². The summed E-state index contributed by atoms with van der Waals surface area (Å²) in [5.41, 5.74) is 3.73. The number of halogens is 1. The van der Waals surface area contributed by atoms with E-state index in [4.69, 9.17) is 16.3 Å². The average molecular weight is 421 g/mol. The first-order chi connectivity index (χ1) is 14.3. The highest BCUT2D eigenvalue weighted by atomic mass is 35.5. The van der Waals surface area contributed by atoms with Crippen molar-refractivity contribution in [2.75, 3.05) is 18.1 Å². The van der Waals surface area contributed by atoms with Crippen molar-refractivity contribution in [1.29, 1.82) is 0 Å². The number of hydrogen-bond donors (Lipinski definition) is 0. The van der Waals surface area contributed by atoms with Crippen molar-refractivity contribution >= 4 is 28.9 Å². The van der Waals surface area contributed by atoms with Crippen LogP contribution >= 0.6 is 11.6 Å². The third-order valence-electron chi connectivity index (χ3n) is 5.33. The van der Waals surface area contributed by atoms with Crippen molar-refractivity contribution < 1.29 is 9.53 Å². The zero-order valence-electron chi connectivity index (χ0n) is 17.5. The Bertz CT molecular complexity index is 1070. The summed E-state index contributed by atoms with van der Waals surface area (Å²) < 4.78 is 5.94. The molecule has 1 aliphatic rings. The first kappa shape index (κ1) is 20.4. The molecule has 0 aliphatic carbocycles. The van der Waals surface area contributed by atoms with Crippen LogP contribution in [0.5, 0.6) is 5.75 Å². The van der Waals surface area contributed by atoms with Gasteiger partial charge in [-0.15, -0.1) is 0 Å². The normalized spacial score (nSPS) is 13.5. The van der Waals surface area contributed by atoms with E-state index in [1.807, 2.05) is 41.3 Å². The third-order valence-corrected chi connectivity index (χ3v) is 5.62. The highest BCUT2D eigenvalue weighted by Gasteiger charge is 2.26. The summed E-state index contributed by atoms with van der Waals surface area (Å²) in [5.74, 6) is 1.30. The molecule has 0 N–H and O–H groups in total. The number of anilines is 2. The number of ketones is 1. The summed E-state index contributed by atoms with van der Waals surface area (Å²) in [4.78, 5) is 19.6. The van der Waals surface area contributed by atoms with E-state index >= 15 is 0 Å². The maximum Gasteiger partial charge on any atom is 0.171 e. The van der Waals surface area contributed by atoms with Gasteiger partial charge in [-0.1, -0.05) is 62.7 Å². The number of pyridine rings is 1. The van der Waals surface area contributed by atoms with Gasteiger partial charge in [-0.2, -0.15) is 0 Å². The van der Waals surface area contributed by atoms with Crippen LogP contribution in [0, 0.1) is 0 Å². The molecule has 2 heterocycles. The molecular formula is C25H25ClN2O2. The van der Waals surface area contributed by atoms with Crippen LogP contribution in [0.2, 0.25) is 5.02 Å². The molecule has 0 saturated carbocycles. The second kappa shape index (κ2) is 8.11. The molecule has 0 fully saturated rings. The lowest BCUT2D eigenvalue weighted by atomic mass is 9.86. The summed E-state index contributed by atoms with van der Waals surface area (Å²) in [7, 11) is 0. The van der Waals surface area contributed by atoms with Gasteiger partial charge in [0.15, 0.2) is 17.4 Å². The topological polar surface area (TPSA) is 42.4 Å². The van der Waals surface area contributed by atoms with E-state index in [1.165, 1.54) is 5.56 Å². The number of carbonyl (C=O) groups is 1. The second-order valence-electron chi connectivity index (χ2n) is 8.51. The molecule has 1 aliphatic heterocycles. The van der Waals surface area contributed by atoms with Crippen LogP contribution in [0.25, 0.3) is 0 Å². The minimum absolute atomic E-state index is 0.0318. The van der Waals surface area contributed by atoms with Crippen LogP contribution < -0.4 is 9.64 Å². The molecule has 2 aromatic carbocycles. The van der Waals surface area contributed by atoms with Gasteiger partial charge in [-0.25, -0.2) is 4.98 Å². The number of Topliss-reactive ketones (excluding diaryl/α,β-unsaturated/α-hetero) is 1. The van der Waals surface area contributed by atoms with E-state index in [-0.39, 0.29) is 11.2 Å². The first-order valence-corrected chi connectivity index (χ1v) is 10.5. The van der Waals surface area contributed by atoms with Gasteiger partial charge in [-0.05, 0) is 40.8 Å². The van der Waals surface area contributed by atoms with Gasteiger partial charge in [0.25, 0.3) is 0 Å². The van der Waals surface area contributed by atoms with Crippen LogP contribution in [-0.4, -0.2) is 23.9 Å². The van der Waals surface area contributed by atoms with Gasteiger partial charge in [0.1, 0.15) is 6.61 Å². The van der Waals surface area contributed by atoms with Gasteiger partial charge in [0.2, 0.25) is 0 Å².